The zero-order valence-electron chi connectivity index (χ0n) is 19.2. The van der Waals surface area contributed by atoms with E-state index in [1.165, 1.54) is 11.8 Å². The molecule has 0 aromatic carbocycles. The number of amides is 1. The Kier molecular flexibility index (Phi) is 6.51. The minimum atomic E-state index is -0.290. The SMILES string of the molecule is Cc1c(C=C2SC(=S)N(C3CCCC3)C2=O)c(N2CC(C)CC(C)C2)n(C)c(=O)c1C#N. The van der Waals surface area contributed by atoms with Crippen LogP contribution in [0.5, 0.6) is 0 Å². The fraction of sp³-hybridized carbons (Fsp3) is 0.583. The van der Waals surface area contributed by atoms with E-state index in [1.807, 2.05) is 13.0 Å². The summed E-state index contributed by atoms with van der Waals surface area (Å²) in [5, 5.41) is 9.68. The molecule has 3 heterocycles. The van der Waals surface area contributed by atoms with Crippen molar-refractivity contribution in [2.45, 2.75) is 58.9 Å². The Morgan fingerprint density at radius 3 is 2.38 bits per heavy atom. The van der Waals surface area contributed by atoms with Gasteiger partial charge in [-0.3, -0.25) is 19.1 Å². The summed E-state index contributed by atoms with van der Waals surface area (Å²) in [4.78, 5) is 30.9. The van der Waals surface area contributed by atoms with Crippen LogP contribution in [0.1, 0.15) is 62.6 Å². The minimum Gasteiger partial charge on any atom is -0.357 e. The molecule has 2 aliphatic heterocycles. The number of piperidine rings is 1. The second kappa shape index (κ2) is 9.03. The summed E-state index contributed by atoms with van der Waals surface area (Å²) in [7, 11) is 1.73. The van der Waals surface area contributed by atoms with Crippen LogP contribution in [0, 0.1) is 30.1 Å². The van der Waals surface area contributed by atoms with Crippen molar-refractivity contribution in [1.29, 1.82) is 5.26 Å². The molecule has 0 N–H and O–H groups in total. The lowest BCUT2D eigenvalue weighted by Gasteiger charge is -2.38. The summed E-state index contributed by atoms with van der Waals surface area (Å²) in [6.07, 6.45) is 7.25. The monoisotopic (exact) mass is 470 g/mol. The highest BCUT2D eigenvalue weighted by Crippen LogP contribution is 2.40. The molecule has 1 aromatic rings. The lowest BCUT2D eigenvalue weighted by Crippen LogP contribution is -2.42. The van der Waals surface area contributed by atoms with Gasteiger partial charge in [-0.15, -0.1) is 0 Å². The predicted octanol–water partition coefficient (Wildman–Crippen LogP) is 4.19. The number of carbonyl (C=O) groups excluding carboxylic acids is 1. The molecular formula is C24H30N4O2S2. The topological polar surface area (TPSA) is 69.3 Å². The number of thioether (sulfide) groups is 1. The van der Waals surface area contributed by atoms with Crippen LogP contribution in [-0.2, 0) is 11.8 Å². The van der Waals surface area contributed by atoms with Crippen molar-refractivity contribution in [3.05, 3.63) is 31.9 Å². The van der Waals surface area contributed by atoms with Gasteiger partial charge in [-0.1, -0.05) is 50.7 Å². The van der Waals surface area contributed by atoms with Crippen LogP contribution < -0.4 is 10.5 Å². The molecular weight excluding hydrogens is 440 g/mol. The number of nitrogens with zero attached hydrogens (tertiary/aromatic N) is 4. The molecule has 4 rings (SSSR count). The minimum absolute atomic E-state index is 0.0509. The van der Waals surface area contributed by atoms with Gasteiger partial charge in [-0.2, -0.15) is 5.26 Å². The lowest BCUT2D eigenvalue weighted by atomic mass is 9.91. The van der Waals surface area contributed by atoms with E-state index in [9.17, 15) is 14.9 Å². The van der Waals surface area contributed by atoms with E-state index >= 15 is 0 Å². The van der Waals surface area contributed by atoms with Gasteiger partial charge in [-0.25, -0.2) is 0 Å². The van der Waals surface area contributed by atoms with Gasteiger partial charge in [0.15, 0.2) is 0 Å². The molecule has 3 aliphatic rings. The summed E-state index contributed by atoms with van der Waals surface area (Å²) in [6, 6.07) is 2.27. The van der Waals surface area contributed by atoms with Crippen LogP contribution in [0.15, 0.2) is 9.70 Å². The fourth-order valence-electron chi connectivity index (χ4n) is 5.52. The van der Waals surface area contributed by atoms with Crippen molar-refractivity contribution in [2.24, 2.45) is 18.9 Å². The largest absolute Gasteiger partial charge is 0.357 e. The number of carbonyl (C=O) groups is 1. The number of anilines is 1. The molecule has 170 valence electrons. The van der Waals surface area contributed by atoms with Gasteiger partial charge in [0.25, 0.3) is 11.5 Å². The van der Waals surface area contributed by atoms with Crippen LogP contribution in [-0.4, -0.2) is 38.8 Å². The normalized spacial score (nSPS) is 25.8. The number of rotatable bonds is 3. The summed E-state index contributed by atoms with van der Waals surface area (Å²) in [5.41, 5.74) is 1.24. The van der Waals surface area contributed by atoms with Crippen molar-refractivity contribution in [3.63, 3.8) is 0 Å². The molecule has 2 saturated heterocycles. The van der Waals surface area contributed by atoms with Gasteiger partial charge in [-0.05, 0) is 49.7 Å². The average Bonchev–Trinajstić information content (AvgIpc) is 3.34. The first-order chi connectivity index (χ1) is 15.2. The Labute approximate surface area is 199 Å². The first-order valence-electron chi connectivity index (χ1n) is 11.4. The van der Waals surface area contributed by atoms with Crippen LogP contribution in [0.4, 0.5) is 5.82 Å². The van der Waals surface area contributed by atoms with E-state index in [0.29, 0.717) is 26.6 Å². The van der Waals surface area contributed by atoms with Crippen LogP contribution in [0.3, 0.4) is 0 Å². The lowest BCUT2D eigenvalue weighted by molar-refractivity contribution is -0.123. The molecule has 6 nitrogen and oxygen atoms in total. The highest BCUT2D eigenvalue weighted by atomic mass is 32.2. The van der Waals surface area contributed by atoms with E-state index < -0.39 is 0 Å². The van der Waals surface area contributed by atoms with Gasteiger partial charge in [0.1, 0.15) is 21.8 Å². The Hall–Kier alpha value is -2.11. The zero-order chi connectivity index (χ0) is 23.2. The number of pyridine rings is 1. The van der Waals surface area contributed by atoms with Gasteiger partial charge >= 0.3 is 0 Å². The van der Waals surface area contributed by atoms with E-state index in [2.05, 4.69) is 24.8 Å². The molecule has 2 atom stereocenters. The molecule has 1 aromatic heterocycles. The summed E-state index contributed by atoms with van der Waals surface area (Å²) in [5.74, 6) is 1.73. The maximum absolute atomic E-state index is 13.3. The third-order valence-corrected chi connectivity index (χ3v) is 8.26. The molecule has 1 saturated carbocycles. The second-order valence-corrected chi connectivity index (χ2v) is 11.2. The quantitative estimate of drug-likeness (QED) is 0.487. The predicted molar refractivity (Wildman–Crippen MR) is 134 cm³/mol. The van der Waals surface area contributed by atoms with E-state index in [4.69, 9.17) is 12.2 Å². The highest BCUT2D eigenvalue weighted by molar-refractivity contribution is 8.26. The second-order valence-electron chi connectivity index (χ2n) is 9.55. The molecule has 1 aliphatic carbocycles. The van der Waals surface area contributed by atoms with Crippen molar-refractivity contribution in [3.8, 4) is 6.07 Å². The van der Waals surface area contributed by atoms with Crippen molar-refractivity contribution in [2.75, 3.05) is 18.0 Å². The fourth-order valence-corrected chi connectivity index (χ4v) is 6.90. The molecule has 0 radical (unpaired) electrons. The van der Waals surface area contributed by atoms with E-state index in [0.717, 1.165) is 56.6 Å². The maximum atomic E-state index is 13.3. The Morgan fingerprint density at radius 1 is 1.16 bits per heavy atom. The maximum Gasteiger partial charge on any atom is 0.270 e. The van der Waals surface area contributed by atoms with Crippen molar-refractivity contribution < 1.29 is 4.79 Å². The van der Waals surface area contributed by atoms with Crippen LogP contribution in [0.25, 0.3) is 6.08 Å². The highest BCUT2D eigenvalue weighted by Gasteiger charge is 2.38. The Balaban J connectivity index is 1.84. The molecule has 8 heteroatoms. The summed E-state index contributed by atoms with van der Waals surface area (Å²) >= 11 is 6.91. The average molecular weight is 471 g/mol. The number of aromatic nitrogens is 1. The smallest absolute Gasteiger partial charge is 0.270 e. The third-order valence-electron chi connectivity index (χ3n) is 6.93. The zero-order valence-corrected chi connectivity index (χ0v) is 20.8. The molecule has 0 spiro atoms. The van der Waals surface area contributed by atoms with Gasteiger partial charge in [0, 0.05) is 31.7 Å². The van der Waals surface area contributed by atoms with E-state index in [-0.39, 0.29) is 23.1 Å². The molecule has 32 heavy (non-hydrogen) atoms. The number of hydrogen-bond donors (Lipinski definition) is 0. The van der Waals surface area contributed by atoms with E-state index in [1.54, 1.807) is 16.5 Å². The Bertz CT molecular complexity index is 1080. The molecule has 1 amide bonds. The first-order valence-corrected chi connectivity index (χ1v) is 12.6. The number of nitriles is 1. The van der Waals surface area contributed by atoms with Gasteiger partial charge in [0.05, 0.1) is 4.91 Å². The van der Waals surface area contributed by atoms with Crippen molar-refractivity contribution in [1.82, 2.24) is 9.47 Å². The van der Waals surface area contributed by atoms with Crippen LogP contribution in [0.2, 0.25) is 0 Å². The molecule has 3 fully saturated rings. The van der Waals surface area contributed by atoms with Crippen molar-refractivity contribution >= 4 is 46.1 Å². The van der Waals surface area contributed by atoms with Gasteiger partial charge in [0.2, 0.25) is 0 Å². The van der Waals surface area contributed by atoms with Crippen LogP contribution >= 0.6 is 24.0 Å². The third kappa shape index (κ3) is 4.01. The Morgan fingerprint density at radius 2 is 1.78 bits per heavy atom. The summed E-state index contributed by atoms with van der Waals surface area (Å²) in [6.45, 7) is 7.94. The van der Waals surface area contributed by atoms with Gasteiger partial charge < -0.3 is 4.90 Å². The standard InChI is InChI=1S/C24H30N4O2S2/c1-14-9-15(2)13-27(12-14)21-18(16(3)19(11-25)22(29)26(21)4)10-20-23(30)28(24(31)32-20)17-7-5-6-8-17/h10,14-15,17H,5-9,12-13H2,1-4H3. The first kappa shape index (κ1) is 23.1. The molecule has 2 unspecified atom stereocenters. The number of hydrogen-bond acceptors (Lipinski definition) is 6. The summed E-state index contributed by atoms with van der Waals surface area (Å²) < 4.78 is 2.19. The number of thiocarbonyl (C=S) groups is 1. The molecule has 0 bridgehead atoms.